The second-order valence-corrected chi connectivity index (χ2v) is 7.25. The molecular formula is C20H24N4O3S. The highest BCUT2D eigenvalue weighted by Crippen LogP contribution is 2.27. The van der Waals surface area contributed by atoms with E-state index in [-0.39, 0.29) is 11.2 Å². The first-order chi connectivity index (χ1) is 13.4. The molecule has 148 valence electrons. The van der Waals surface area contributed by atoms with Crippen molar-refractivity contribution < 1.29 is 14.3 Å². The van der Waals surface area contributed by atoms with Gasteiger partial charge in [0.15, 0.2) is 16.7 Å². The molecule has 8 heteroatoms. The van der Waals surface area contributed by atoms with Gasteiger partial charge in [-0.1, -0.05) is 24.4 Å². The normalized spacial score (nSPS) is 11.9. The van der Waals surface area contributed by atoms with Gasteiger partial charge in [0, 0.05) is 11.4 Å². The van der Waals surface area contributed by atoms with Crippen molar-refractivity contribution in [3.05, 3.63) is 53.9 Å². The molecule has 1 atom stereocenters. The van der Waals surface area contributed by atoms with E-state index in [2.05, 4.69) is 27.1 Å². The summed E-state index contributed by atoms with van der Waals surface area (Å²) < 4.78 is 10.8. The molecule has 0 saturated carbocycles. The summed E-state index contributed by atoms with van der Waals surface area (Å²) in [7, 11) is 1.56. The van der Waals surface area contributed by atoms with E-state index < -0.39 is 0 Å². The van der Waals surface area contributed by atoms with Crippen molar-refractivity contribution in [2.75, 3.05) is 13.7 Å². The predicted molar refractivity (Wildman–Crippen MR) is 111 cm³/mol. The van der Waals surface area contributed by atoms with Crippen molar-refractivity contribution in [2.45, 2.75) is 31.2 Å². The van der Waals surface area contributed by atoms with E-state index in [1.807, 2.05) is 26.0 Å². The molecule has 7 nitrogen and oxygen atoms in total. The van der Waals surface area contributed by atoms with E-state index in [1.54, 1.807) is 38.5 Å². The highest BCUT2D eigenvalue weighted by molar-refractivity contribution is 8.00. The van der Waals surface area contributed by atoms with Gasteiger partial charge < -0.3 is 9.47 Å². The number of ether oxygens (including phenoxy) is 2. The number of carbonyl (C=O) groups excluding carboxylic acids is 1. The van der Waals surface area contributed by atoms with Crippen molar-refractivity contribution >= 4 is 23.9 Å². The molecule has 0 saturated heterocycles. The average molecular weight is 401 g/mol. The Morgan fingerprint density at radius 3 is 2.64 bits per heavy atom. The number of methoxy groups -OCH3 is 1. The number of nitrogens with one attached hydrogen (secondary N) is 1. The molecule has 2 rings (SSSR count). The third kappa shape index (κ3) is 6.38. The molecule has 1 aromatic carbocycles. The molecule has 0 aliphatic rings. The van der Waals surface area contributed by atoms with Gasteiger partial charge in [-0.25, -0.2) is 15.4 Å². The van der Waals surface area contributed by atoms with Crippen LogP contribution in [0, 0.1) is 13.8 Å². The van der Waals surface area contributed by atoms with Crippen molar-refractivity contribution in [1.82, 2.24) is 15.4 Å². The number of aromatic nitrogens is 2. The molecule has 0 radical (unpaired) electrons. The van der Waals surface area contributed by atoms with Crippen LogP contribution in [0.25, 0.3) is 0 Å². The molecule has 1 heterocycles. The summed E-state index contributed by atoms with van der Waals surface area (Å²) in [5, 5.41) is 4.20. The minimum absolute atomic E-state index is 0.234. The van der Waals surface area contributed by atoms with Gasteiger partial charge in [-0.05, 0) is 50.6 Å². The zero-order chi connectivity index (χ0) is 20.5. The molecule has 0 spiro atoms. The summed E-state index contributed by atoms with van der Waals surface area (Å²) in [6.07, 6.45) is 3.20. The molecule has 1 aromatic heterocycles. The maximum atomic E-state index is 12.2. The third-order valence-electron chi connectivity index (χ3n) is 3.55. The van der Waals surface area contributed by atoms with Crippen molar-refractivity contribution in [3.63, 3.8) is 0 Å². The van der Waals surface area contributed by atoms with Crippen LogP contribution in [0.1, 0.15) is 23.9 Å². The van der Waals surface area contributed by atoms with Crippen LogP contribution in [-0.4, -0.2) is 41.1 Å². The number of nitrogens with zero attached hydrogens (tertiary/aromatic N) is 3. The summed E-state index contributed by atoms with van der Waals surface area (Å²) in [5.74, 6) is 0.956. The fourth-order valence-corrected chi connectivity index (χ4v) is 3.12. The number of hydrogen-bond donors (Lipinski definition) is 1. The fourth-order valence-electron chi connectivity index (χ4n) is 2.25. The number of aryl methyl sites for hydroxylation is 2. The van der Waals surface area contributed by atoms with Gasteiger partial charge in [-0.3, -0.25) is 4.79 Å². The van der Waals surface area contributed by atoms with Crippen LogP contribution in [0.3, 0.4) is 0 Å². The van der Waals surface area contributed by atoms with E-state index in [1.165, 1.54) is 11.8 Å². The Morgan fingerprint density at radius 1 is 1.29 bits per heavy atom. The number of amides is 1. The number of hydrogen-bond acceptors (Lipinski definition) is 7. The first-order valence-corrected chi connectivity index (χ1v) is 9.54. The Kier molecular flexibility index (Phi) is 8.01. The summed E-state index contributed by atoms with van der Waals surface area (Å²) in [6, 6.07) is 7.26. The fraction of sp³-hybridized carbons (Fsp3) is 0.300. The lowest BCUT2D eigenvalue weighted by molar-refractivity contribution is -0.120. The lowest BCUT2D eigenvalue weighted by Crippen LogP contribution is -2.27. The molecule has 2 aromatic rings. The molecule has 0 fully saturated rings. The van der Waals surface area contributed by atoms with Gasteiger partial charge >= 0.3 is 0 Å². The lowest BCUT2D eigenvalue weighted by Gasteiger charge is -2.10. The molecular weight excluding hydrogens is 376 g/mol. The van der Waals surface area contributed by atoms with Crippen molar-refractivity contribution in [2.24, 2.45) is 5.10 Å². The monoisotopic (exact) mass is 400 g/mol. The molecule has 0 unspecified atom stereocenters. The van der Waals surface area contributed by atoms with Gasteiger partial charge in [0.05, 0.1) is 18.6 Å². The maximum absolute atomic E-state index is 12.2. The van der Waals surface area contributed by atoms with Gasteiger partial charge in [-0.2, -0.15) is 5.10 Å². The van der Waals surface area contributed by atoms with Gasteiger partial charge in [0.1, 0.15) is 6.61 Å². The molecule has 0 aliphatic heterocycles. The number of hydrazone groups is 1. The van der Waals surface area contributed by atoms with Gasteiger partial charge in [0.25, 0.3) is 5.91 Å². The highest BCUT2D eigenvalue weighted by Gasteiger charge is 2.16. The van der Waals surface area contributed by atoms with E-state index in [9.17, 15) is 4.79 Å². The van der Waals surface area contributed by atoms with Crippen LogP contribution in [0.4, 0.5) is 0 Å². The Hall–Kier alpha value is -2.87. The zero-order valence-corrected chi connectivity index (χ0v) is 17.2. The molecule has 0 bridgehead atoms. The van der Waals surface area contributed by atoms with E-state index in [0.29, 0.717) is 23.3 Å². The topological polar surface area (TPSA) is 85.7 Å². The smallest absolute Gasteiger partial charge is 0.253 e. The van der Waals surface area contributed by atoms with Crippen LogP contribution in [-0.2, 0) is 4.79 Å². The maximum Gasteiger partial charge on any atom is 0.253 e. The minimum Gasteiger partial charge on any atom is -0.493 e. The second-order valence-electron chi connectivity index (χ2n) is 5.94. The number of carbonyl (C=O) groups is 1. The summed E-state index contributed by atoms with van der Waals surface area (Å²) in [5.41, 5.74) is 5.04. The average Bonchev–Trinajstić information content (AvgIpc) is 2.65. The number of rotatable bonds is 9. The van der Waals surface area contributed by atoms with Crippen molar-refractivity contribution in [1.29, 1.82) is 0 Å². The Bertz CT molecular complexity index is 850. The van der Waals surface area contributed by atoms with E-state index in [0.717, 1.165) is 17.0 Å². The zero-order valence-electron chi connectivity index (χ0n) is 16.4. The summed E-state index contributed by atoms with van der Waals surface area (Å²) in [6.45, 7) is 9.59. The first-order valence-electron chi connectivity index (χ1n) is 8.66. The minimum atomic E-state index is -0.387. The molecule has 1 N–H and O–H groups in total. The second kappa shape index (κ2) is 10.5. The van der Waals surface area contributed by atoms with Crippen LogP contribution >= 0.6 is 11.8 Å². The van der Waals surface area contributed by atoms with Crippen LogP contribution in [0.15, 0.2) is 47.2 Å². The Balaban J connectivity index is 1.95. The Labute approximate surface area is 169 Å². The van der Waals surface area contributed by atoms with Crippen LogP contribution < -0.4 is 14.9 Å². The van der Waals surface area contributed by atoms with E-state index in [4.69, 9.17) is 9.47 Å². The van der Waals surface area contributed by atoms with Crippen molar-refractivity contribution in [3.8, 4) is 11.5 Å². The Morgan fingerprint density at radius 2 is 2.00 bits per heavy atom. The largest absolute Gasteiger partial charge is 0.493 e. The summed E-state index contributed by atoms with van der Waals surface area (Å²) >= 11 is 1.29. The standard InChI is InChI=1S/C20H24N4O3S/c1-6-9-27-17-8-7-16(11-18(17)26-5)12-21-24-19(25)15(4)28-20-22-13(2)10-14(3)23-20/h6-8,10-12,15H,1,9H2,2-5H3,(H,24,25)/b21-12-/t15-/m0/s1. The molecule has 0 aliphatic carbocycles. The number of benzene rings is 1. The SMILES string of the molecule is C=CCOc1ccc(/C=N\NC(=O)[C@H](C)Sc2nc(C)cc(C)n2)cc1OC. The van der Waals surface area contributed by atoms with Crippen LogP contribution in [0.5, 0.6) is 11.5 Å². The lowest BCUT2D eigenvalue weighted by atomic mass is 10.2. The molecule has 1 amide bonds. The van der Waals surface area contributed by atoms with E-state index >= 15 is 0 Å². The van der Waals surface area contributed by atoms with Gasteiger partial charge in [-0.15, -0.1) is 0 Å². The first kappa shape index (κ1) is 21.4. The van der Waals surface area contributed by atoms with Crippen LogP contribution in [0.2, 0.25) is 0 Å². The van der Waals surface area contributed by atoms with Gasteiger partial charge in [0.2, 0.25) is 0 Å². The quantitative estimate of drug-likeness (QED) is 0.229. The summed E-state index contributed by atoms with van der Waals surface area (Å²) in [4.78, 5) is 20.9. The number of thioether (sulfide) groups is 1. The third-order valence-corrected chi connectivity index (χ3v) is 4.51. The highest BCUT2D eigenvalue weighted by atomic mass is 32.2. The predicted octanol–water partition coefficient (Wildman–Crippen LogP) is 3.30. The molecule has 28 heavy (non-hydrogen) atoms.